The lowest BCUT2D eigenvalue weighted by Crippen LogP contribution is -2.03. The molecule has 0 saturated heterocycles. The Morgan fingerprint density at radius 3 is 2.63 bits per heavy atom. The number of carbonyl (C=O) groups excluding carboxylic acids is 1. The fourth-order valence-electron chi connectivity index (χ4n) is 1.51. The van der Waals surface area contributed by atoms with Gasteiger partial charge < -0.3 is 0 Å². The minimum atomic E-state index is 0.0974. The summed E-state index contributed by atoms with van der Waals surface area (Å²) in [7, 11) is 0. The molecular formula is C14H13BrN2OS. The van der Waals surface area contributed by atoms with Gasteiger partial charge >= 0.3 is 0 Å². The number of ketones is 1. The van der Waals surface area contributed by atoms with Crippen LogP contribution in [0.2, 0.25) is 0 Å². The molecule has 2 rings (SSSR count). The third-order valence-electron chi connectivity index (χ3n) is 2.54. The first-order chi connectivity index (χ1) is 9.06. The maximum Gasteiger partial charge on any atom is 0.173 e. The first-order valence-electron chi connectivity index (χ1n) is 5.78. The molecule has 0 aliphatic carbocycles. The highest BCUT2D eigenvalue weighted by atomic mass is 79.9. The summed E-state index contributed by atoms with van der Waals surface area (Å²) in [5, 5.41) is 0.825. The molecule has 1 aromatic heterocycles. The van der Waals surface area contributed by atoms with Gasteiger partial charge in [0.2, 0.25) is 0 Å². The van der Waals surface area contributed by atoms with Crippen molar-refractivity contribution in [2.75, 3.05) is 5.75 Å². The van der Waals surface area contributed by atoms with E-state index in [1.165, 1.54) is 11.8 Å². The molecule has 5 heteroatoms. The van der Waals surface area contributed by atoms with Crippen molar-refractivity contribution in [2.45, 2.75) is 18.9 Å². The number of aryl methyl sites for hydroxylation is 2. The Bertz CT molecular complexity index is 599. The number of aromatic nitrogens is 2. The van der Waals surface area contributed by atoms with Crippen LogP contribution in [-0.2, 0) is 0 Å². The SMILES string of the molecule is Cc1cnc(C)c(SCC(=O)c2ccc(Br)cc2)n1. The van der Waals surface area contributed by atoms with E-state index in [4.69, 9.17) is 0 Å². The Labute approximate surface area is 125 Å². The number of hydrogen-bond acceptors (Lipinski definition) is 4. The second-order valence-corrected chi connectivity index (χ2v) is 6.00. The van der Waals surface area contributed by atoms with Crippen molar-refractivity contribution >= 4 is 33.5 Å². The molecule has 98 valence electrons. The summed E-state index contributed by atoms with van der Waals surface area (Å²) < 4.78 is 0.970. The largest absolute Gasteiger partial charge is 0.293 e. The van der Waals surface area contributed by atoms with Crippen molar-refractivity contribution in [3.63, 3.8) is 0 Å². The van der Waals surface area contributed by atoms with E-state index in [0.717, 1.165) is 20.9 Å². The molecule has 0 radical (unpaired) electrons. The molecule has 2 aromatic rings. The summed E-state index contributed by atoms with van der Waals surface area (Å²) in [5.74, 6) is 0.473. The fraction of sp³-hybridized carbons (Fsp3) is 0.214. The van der Waals surface area contributed by atoms with E-state index >= 15 is 0 Å². The number of rotatable bonds is 4. The number of hydrogen-bond donors (Lipinski definition) is 0. The smallest absolute Gasteiger partial charge is 0.173 e. The quantitative estimate of drug-likeness (QED) is 0.628. The monoisotopic (exact) mass is 336 g/mol. The third-order valence-corrected chi connectivity index (χ3v) is 4.13. The number of benzene rings is 1. The van der Waals surface area contributed by atoms with E-state index in [1.807, 2.05) is 38.1 Å². The van der Waals surface area contributed by atoms with Gasteiger partial charge in [-0.2, -0.15) is 0 Å². The molecule has 3 nitrogen and oxygen atoms in total. The van der Waals surface area contributed by atoms with Crippen molar-refractivity contribution in [3.8, 4) is 0 Å². The molecule has 19 heavy (non-hydrogen) atoms. The highest BCUT2D eigenvalue weighted by molar-refractivity contribution is 9.10. The van der Waals surface area contributed by atoms with Gasteiger partial charge in [-0.1, -0.05) is 39.8 Å². The number of halogens is 1. The van der Waals surface area contributed by atoms with Gasteiger partial charge in [-0.3, -0.25) is 9.78 Å². The van der Waals surface area contributed by atoms with Gasteiger partial charge in [-0.25, -0.2) is 4.98 Å². The van der Waals surface area contributed by atoms with E-state index in [-0.39, 0.29) is 5.78 Å². The zero-order valence-electron chi connectivity index (χ0n) is 10.7. The summed E-state index contributed by atoms with van der Waals surface area (Å²) in [4.78, 5) is 20.7. The molecule has 0 unspecified atom stereocenters. The van der Waals surface area contributed by atoms with Gasteiger partial charge in [-0.05, 0) is 26.0 Å². The first-order valence-corrected chi connectivity index (χ1v) is 7.56. The molecule has 0 aliphatic heterocycles. The second-order valence-electron chi connectivity index (χ2n) is 4.12. The fourth-order valence-corrected chi connectivity index (χ4v) is 2.67. The van der Waals surface area contributed by atoms with Crippen LogP contribution in [0.15, 0.2) is 40.0 Å². The van der Waals surface area contributed by atoms with Crippen LogP contribution in [0, 0.1) is 13.8 Å². The lowest BCUT2D eigenvalue weighted by molar-refractivity contribution is 0.102. The third kappa shape index (κ3) is 3.88. The van der Waals surface area contributed by atoms with E-state index < -0.39 is 0 Å². The number of carbonyl (C=O) groups is 1. The number of nitrogens with zero attached hydrogens (tertiary/aromatic N) is 2. The molecule has 0 atom stereocenters. The van der Waals surface area contributed by atoms with Crippen LogP contribution in [0.5, 0.6) is 0 Å². The van der Waals surface area contributed by atoms with E-state index in [9.17, 15) is 4.79 Å². The zero-order chi connectivity index (χ0) is 13.8. The summed E-state index contributed by atoms with van der Waals surface area (Å²) >= 11 is 4.79. The molecular weight excluding hydrogens is 324 g/mol. The number of Topliss-reactive ketones (excluding diaryl/α,β-unsaturated/α-hetero) is 1. The summed E-state index contributed by atoms with van der Waals surface area (Å²) in [6.07, 6.45) is 1.73. The molecule has 1 heterocycles. The average Bonchev–Trinajstić information content (AvgIpc) is 2.40. The minimum Gasteiger partial charge on any atom is -0.293 e. The van der Waals surface area contributed by atoms with Gasteiger partial charge in [0, 0.05) is 16.2 Å². The predicted octanol–water partition coefficient (Wildman–Crippen LogP) is 3.83. The van der Waals surface area contributed by atoms with E-state index in [1.54, 1.807) is 6.20 Å². The van der Waals surface area contributed by atoms with Gasteiger partial charge in [0.25, 0.3) is 0 Å². The van der Waals surface area contributed by atoms with E-state index in [0.29, 0.717) is 11.3 Å². The normalized spacial score (nSPS) is 10.5. The highest BCUT2D eigenvalue weighted by Crippen LogP contribution is 2.20. The Hall–Kier alpha value is -1.20. The average molecular weight is 337 g/mol. The van der Waals surface area contributed by atoms with Crippen molar-refractivity contribution in [3.05, 3.63) is 51.9 Å². The van der Waals surface area contributed by atoms with Crippen LogP contribution in [-0.4, -0.2) is 21.5 Å². The molecule has 0 fully saturated rings. The van der Waals surface area contributed by atoms with Crippen LogP contribution >= 0.6 is 27.7 Å². The van der Waals surface area contributed by atoms with Gasteiger partial charge in [-0.15, -0.1) is 0 Å². The molecule has 0 bridgehead atoms. The summed E-state index contributed by atoms with van der Waals surface area (Å²) in [5.41, 5.74) is 2.44. The summed E-state index contributed by atoms with van der Waals surface area (Å²) in [6.45, 7) is 3.80. The van der Waals surface area contributed by atoms with Crippen LogP contribution in [0.1, 0.15) is 21.7 Å². The molecule has 0 saturated carbocycles. The predicted molar refractivity (Wildman–Crippen MR) is 80.7 cm³/mol. The highest BCUT2D eigenvalue weighted by Gasteiger charge is 2.09. The zero-order valence-corrected chi connectivity index (χ0v) is 13.1. The molecule has 0 amide bonds. The molecule has 0 N–H and O–H groups in total. The van der Waals surface area contributed by atoms with Crippen molar-refractivity contribution < 1.29 is 4.79 Å². The van der Waals surface area contributed by atoms with Gasteiger partial charge in [0.05, 0.1) is 17.1 Å². The molecule has 0 spiro atoms. The summed E-state index contributed by atoms with van der Waals surface area (Å²) in [6, 6.07) is 7.38. The van der Waals surface area contributed by atoms with Crippen LogP contribution in [0.25, 0.3) is 0 Å². The Morgan fingerprint density at radius 1 is 1.26 bits per heavy atom. The van der Waals surface area contributed by atoms with Crippen LogP contribution < -0.4 is 0 Å². The van der Waals surface area contributed by atoms with Crippen molar-refractivity contribution in [1.82, 2.24) is 9.97 Å². The van der Waals surface area contributed by atoms with Crippen molar-refractivity contribution in [2.24, 2.45) is 0 Å². The maximum absolute atomic E-state index is 12.0. The minimum absolute atomic E-state index is 0.0974. The van der Waals surface area contributed by atoms with Gasteiger partial charge in [0.1, 0.15) is 5.03 Å². The number of thioether (sulfide) groups is 1. The Morgan fingerprint density at radius 2 is 1.95 bits per heavy atom. The maximum atomic E-state index is 12.0. The van der Waals surface area contributed by atoms with Gasteiger partial charge in [0.15, 0.2) is 5.78 Å². The standard InChI is InChI=1S/C14H13BrN2OS/c1-9-7-16-10(2)14(17-9)19-8-13(18)11-3-5-12(15)6-4-11/h3-7H,8H2,1-2H3. The lowest BCUT2D eigenvalue weighted by atomic mass is 10.2. The lowest BCUT2D eigenvalue weighted by Gasteiger charge is -2.04. The topological polar surface area (TPSA) is 42.9 Å². The molecule has 1 aromatic carbocycles. The van der Waals surface area contributed by atoms with Crippen LogP contribution in [0.4, 0.5) is 0 Å². The second kappa shape index (κ2) is 6.30. The van der Waals surface area contributed by atoms with E-state index in [2.05, 4.69) is 25.9 Å². The Kier molecular flexibility index (Phi) is 4.71. The van der Waals surface area contributed by atoms with Crippen LogP contribution in [0.3, 0.4) is 0 Å². The molecule has 0 aliphatic rings. The Balaban J connectivity index is 2.04. The first kappa shape index (κ1) is 14.2. The van der Waals surface area contributed by atoms with Crippen molar-refractivity contribution in [1.29, 1.82) is 0 Å².